The molecule has 294 valence electrons. The van der Waals surface area contributed by atoms with Crippen LogP contribution >= 0.6 is 0 Å². The number of nitrogens with zero attached hydrogens (tertiary/aromatic N) is 4. The van der Waals surface area contributed by atoms with Gasteiger partial charge in [-0.15, -0.1) is 0 Å². The van der Waals surface area contributed by atoms with Gasteiger partial charge >= 0.3 is 0 Å². The molecule has 0 aliphatic heterocycles. The van der Waals surface area contributed by atoms with Crippen molar-refractivity contribution >= 4 is 0 Å². The Morgan fingerprint density at radius 1 is 0.443 bits per heavy atom. The van der Waals surface area contributed by atoms with Crippen LogP contribution < -0.4 is 0 Å². The van der Waals surface area contributed by atoms with E-state index in [0.717, 1.165) is 45.2 Å². The zero-order valence-electron chi connectivity index (χ0n) is 34.6. The van der Waals surface area contributed by atoms with Crippen LogP contribution in [0.25, 0.3) is 78.7 Å². The fourth-order valence-corrected chi connectivity index (χ4v) is 11.6. The van der Waals surface area contributed by atoms with E-state index >= 15 is 0 Å². The summed E-state index contributed by atoms with van der Waals surface area (Å²) in [7, 11) is 0. The third-order valence-corrected chi connectivity index (χ3v) is 14.1. The van der Waals surface area contributed by atoms with Crippen molar-refractivity contribution < 1.29 is 0 Å². The monoisotopic (exact) mass is 786 g/mol. The van der Waals surface area contributed by atoms with Crippen LogP contribution in [0.3, 0.4) is 0 Å². The Balaban J connectivity index is 1.02. The Kier molecular flexibility index (Phi) is 9.08. The molecule has 1 aromatic heterocycles. The highest BCUT2D eigenvalue weighted by Gasteiger charge is 2.56. The van der Waals surface area contributed by atoms with Crippen LogP contribution in [0.4, 0.5) is 0 Å². The zero-order valence-corrected chi connectivity index (χ0v) is 34.6. The number of rotatable bonds is 6. The van der Waals surface area contributed by atoms with Gasteiger partial charge in [0.05, 0.1) is 11.6 Å². The smallest absolute Gasteiger partial charge is 0.164 e. The molecule has 0 N–H and O–H groups in total. The van der Waals surface area contributed by atoms with Crippen molar-refractivity contribution in [2.45, 2.75) is 44.9 Å². The normalized spacial score (nSPS) is 21.1. The van der Waals surface area contributed by atoms with Crippen LogP contribution in [0.1, 0.15) is 56.2 Å². The average Bonchev–Trinajstić information content (AvgIpc) is 3.61. The molecule has 7 aromatic carbocycles. The van der Waals surface area contributed by atoms with Gasteiger partial charge < -0.3 is 0 Å². The molecule has 61 heavy (non-hydrogen) atoms. The van der Waals surface area contributed by atoms with Gasteiger partial charge in [-0.05, 0) is 129 Å². The molecular weight excluding hydrogens is 741 g/mol. The lowest BCUT2D eigenvalue weighted by Crippen LogP contribution is -2.49. The van der Waals surface area contributed by atoms with E-state index < -0.39 is 0 Å². The molecule has 4 nitrogen and oxygen atoms in total. The summed E-state index contributed by atoms with van der Waals surface area (Å²) >= 11 is 0. The maximum absolute atomic E-state index is 9.77. The number of fused-ring (bicyclic) bond motifs is 8. The first kappa shape index (κ1) is 37.1. The summed E-state index contributed by atoms with van der Waals surface area (Å²) in [5.74, 6) is 4.58. The van der Waals surface area contributed by atoms with Gasteiger partial charge in [0, 0.05) is 22.1 Å². The Bertz CT molecular complexity index is 2920. The minimum absolute atomic E-state index is 0.0749. The highest BCUT2D eigenvalue weighted by molar-refractivity contribution is 5.87. The van der Waals surface area contributed by atoms with Crippen LogP contribution in [0.5, 0.6) is 0 Å². The molecule has 0 amide bonds. The highest BCUT2D eigenvalue weighted by atomic mass is 15.0. The molecule has 3 aliphatic rings. The minimum Gasteiger partial charge on any atom is -0.208 e. The number of nitriles is 1. The van der Waals surface area contributed by atoms with Crippen LogP contribution in [0.15, 0.2) is 170 Å². The van der Waals surface area contributed by atoms with Crippen molar-refractivity contribution in [2.24, 2.45) is 23.7 Å². The van der Waals surface area contributed by atoms with E-state index in [1.807, 2.05) is 60.7 Å². The summed E-state index contributed by atoms with van der Waals surface area (Å²) in [5, 5.41) is 9.77. The van der Waals surface area contributed by atoms with E-state index in [1.165, 1.54) is 64.6 Å². The first-order chi connectivity index (χ1) is 30.0. The third kappa shape index (κ3) is 6.30. The second kappa shape index (κ2) is 14.9. The summed E-state index contributed by atoms with van der Waals surface area (Å²) in [6.07, 6.45) is 5.14. The molecule has 4 heteroatoms. The lowest BCUT2D eigenvalue weighted by molar-refractivity contribution is 0.0426. The number of hydrogen-bond acceptors (Lipinski definition) is 4. The van der Waals surface area contributed by atoms with E-state index in [2.05, 4.69) is 129 Å². The Hall–Kier alpha value is -6.96. The second-order valence-electron chi connectivity index (χ2n) is 17.8. The van der Waals surface area contributed by atoms with Crippen molar-refractivity contribution in [3.05, 3.63) is 187 Å². The highest BCUT2D eigenvalue weighted by Crippen LogP contribution is 2.65. The third-order valence-electron chi connectivity index (χ3n) is 14.1. The fraction of sp³-hybridized carbons (Fsp3) is 0.193. The summed E-state index contributed by atoms with van der Waals surface area (Å²) in [4.78, 5) is 15.1. The number of benzene rings is 7. The molecular formula is C57H46N4. The maximum Gasteiger partial charge on any atom is 0.164 e. The predicted octanol–water partition coefficient (Wildman–Crippen LogP) is 14.1. The molecule has 11 rings (SSSR count). The largest absolute Gasteiger partial charge is 0.208 e. The molecule has 0 saturated heterocycles. The van der Waals surface area contributed by atoms with Crippen LogP contribution in [0.2, 0.25) is 0 Å². The lowest BCUT2D eigenvalue weighted by atomic mass is 9.49. The topological polar surface area (TPSA) is 62.5 Å². The van der Waals surface area contributed by atoms with Gasteiger partial charge in [0.15, 0.2) is 17.5 Å². The molecule has 1 spiro atoms. The van der Waals surface area contributed by atoms with Gasteiger partial charge in [-0.3, -0.25) is 0 Å². The molecule has 1 heterocycles. The first-order valence-corrected chi connectivity index (χ1v) is 21.8. The SMILES string of the molecule is CC1CC2CC(C)C3(c4cc(-c5ccc(-c6ccccc6C#N)cc5)ccc4-c4ccc(-c5cccc(-c6nc(-c7ccccc7)nc(-c7ccccc7)n6)c5)cc43)C(C1)C2. The van der Waals surface area contributed by atoms with Gasteiger partial charge in [-0.1, -0.05) is 159 Å². The maximum atomic E-state index is 9.77. The molecule has 5 atom stereocenters. The minimum atomic E-state index is -0.0749. The lowest BCUT2D eigenvalue weighted by Gasteiger charge is -2.54. The summed E-state index contributed by atoms with van der Waals surface area (Å²) in [5.41, 5.74) is 16.1. The predicted molar refractivity (Wildman–Crippen MR) is 247 cm³/mol. The van der Waals surface area contributed by atoms with E-state index in [9.17, 15) is 5.26 Å². The van der Waals surface area contributed by atoms with E-state index in [4.69, 9.17) is 15.0 Å². The van der Waals surface area contributed by atoms with Crippen LogP contribution in [-0.2, 0) is 5.41 Å². The second-order valence-corrected chi connectivity index (χ2v) is 17.8. The van der Waals surface area contributed by atoms with Crippen molar-refractivity contribution in [3.8, 4) is 84.7 Å². The average molecular weight is 787 g/mol. The molecule has 2 saturated carbocycles. The molecule has 3 aliphatic carbocycles. The van der Waals surface area contributed by atoms with Crippen LogP contribution in [0, 0.1) is 35.0 Å². The van der Waals surface area contributed by atoms with Gasteiger partial charge in [0.2, 0.25) is 0 Å². The summed E-state index contributed by atoms with van der Waals surface area (Å²) in [6, 6.07) is 62.7. The molecule has 5 unspecified atom stereocenters. The van der Waals surface area contributed by atoms with Crippen molar-refractivity contribution in [2.75, 3.05) is 0 Å². The number of hydrogen-bond donors (Lipinski definition) is 0. The zero-order chi connectivity index (χ0) is 41.1. The van der Waals surface area contributed by atoms with E-state index in [1.54, 1.807) is 0 Å². The fourth-order valence-electron chi connectivity index (χ4n) is 11.6. The van der Waals surface area contributed by atoms with Gasteiger partial charge in [0.25, 0.3) is 0 Å². The van der Waals surface area contributed by atoms with Gasteiger partial charge in [0.1, 0.15) is 0 Å². The van der Waals surface area contributed by atoms with E-state index in [0.29, 0.717) is 34.9 Å². The molecule has 0 radical (unpaired) electrons. The first-order valence-electron chi connectivity index (χ1n) is 21.8. The number of aromatic nitrogens is 3. The summed E-state index contributed by atoms with van der Waals surface area (Å²) in [6.45, 7) is 5.03. The Labute approximate surface area is 358 Å². The molecule has 2 bridgehead atoms. The molecule has 8 aromatic rings. The standard InChI is InChI=1S/C57H46N4/c1-36-28-38-30-37(2)57(48(29-36)31-38)52-33-44(39-20-22-40(23-21-39)49-19-10-9-16-47(49)35-58)24-26-50(52)51-27-25-45(34-53(51)57)43-17-11-18-46(32-43)56-60-54(41-12-5-3-6-13-41)59-55(61-56)42-14-7-4-8-15-42/h3-27,32-34,36-38,48H,28-31H2,1-2H3. The summed E-state index contributed by atoms with van der Waals surface area (Å²) < 4.78 is 0. The quantitative estimate of drug-likeness (QED) is 0.168. The van der Waals surface area contributed by atoms with Crippen molar-refractivity contribution in [1.82, 2.24) is 15.0 Å². The molecule has 2 fully saturated rings. The van der Waals surface area contributed by atoms with Crippen molar-refractivity contribution in [1.29, 1.82) is 5.26 Å². The van der Waals surface area contributed by atoms with Gasteiger partial charge in [-0.2, -0.15) is 5.26 Å². The van der Waals surface area contributed by atoms with Gasteiger partial charge in [-0.25, -0.2) is 15.0 Å². The Morgan fingerprint density at radius 2 is 0.951 bits per heavy atom. The van der Waals surface area contributed by atoms with Crippen molar-refractivity contribution in [3.63, 3.8) is 0 Å². The van der Waals surface area contributed by atoms with Crippen LogP contribution in [-0.4, -0.2) is 15.0 Å². The Morgan fingerprint density at radius 3 is 1.59 bits per heavy atom. The van der Waals surface area contributed by atoms with E-state index in [-0.39, 0.29) is 5.41 Å².